The third-order valence-electron chi connectivity index (χ3n) is 2.07. The number of H-pyrrole nitrogens is 1. The molecule has 0 aliphatic heterocycles. The summed E-state index contributed by atoms with van der Waals surface area (Å²) in [6, 6.07) is 8.24. The summed E-state index contributed by atoms with van der Waals surface area (Å²) in [5, 5.41) is 10.4. The zero-order valence-corrected chi connectivity index (χ0v) is 7.77. The average Bonchev–Trinajstić information content (AvgIpc) is 2.72. The molecule has 3 nitrogen and oxygen atoms in total. The Hall–Kier alpha value is -1.90. The number of hydrogen-bond acceptors (Lipinski definition) is 2. The molecule has 0 radical (unpaired) electrons. The predicted octanol–water partition coefficient (Wildman–Crippen LogP) is 2.04. The maximum Gasteiger partial charge on any atom is 0.0868 e. The molecule has 0 aliphatic carbocycles. The molecule has 3 heteroatoms. The first-order valence-electron chi connectivity index (χ1n) is 4.44. The lowest BCUT2D eigenvalue weighted by Crippen LogP contribution is -1.88. The molecule has 70 valence electrons. The zero-order chi connectivity index (χ0) is 9.80. The highest BCUT2D eigenvalue weighted by molar-refractivity contribution is 5.47. The minimum Gasteiger partial charge on any atom is -0.198 e. The molecule has 0 amide bonds. The molecule has 1 aromatic heterocycles. The van der Waals surface area contributed by atoms with Gasteiger partial charge in [0.25, 0.3) is 0 Å². The molecule has 0 unspecified atom stereocenters. The van der Waals surface area contributed by atoms with E-state index in [1.807, 2.05) is 18.2 Å². The molecule has 0 bridgehead atoms. The van der Waals surface area contributed by atoms with Gasteiger partial charge in [0.05, 0.1) is 11.9 Å². The lowest BCUT2D eigenvalue weighted by Gasteiger charge is -1.98. The van der Waals surface area contributed by atoms with Gasteiger partial charge in [0, 0.05) is 6.42 Å². The van der Waals surface area contributed by atoms with Crippen molar-refractivity contribution in [2.75, 3.05) is 0 Å². The first kappa shape index (κ1) is 8.69. The maximum absolute atomic E-state index is 4.00. The van der Waals surface area contributed by atoms with Crippen molar-refractivity contribution in [3.05, 3.63) is 53.9 Å². The van der Waals surface area contributed by atoms with E-state index in [4.69, 9.17) is 0 Å². The first-order chi connectivity index (χ1) is 6.88. The lowest BCUT2D eigenvalue weighted by atomic mass is 10.1. The molecule has 2 rings (SSSR count). The Balaban J connectivity index is 2.14. The van der Waals surface area contributed by atoms with Crippen LogP contribution in [0.2, 0.25) is 0 Å². The molecule has 1 heterocycles. The monoisotopic (exact) mass is 185 g/mol. The van der Waals surface area contributed by atoms with Crippen LogP contribution in [0.1, 0.15) is 16.8 Å². The Labute approximate surface area is 82.5 Å². The second-order valence-electron chi connectivity index (χ2n) is 3.08. The van der Waals surface area contributed by atoms with Gasteiger partial charge in [-0.25, -0.2) is 0 Å². The standard InChI is InChI=1S/C11H11N3/c1-2-9-3-5-10(6-4-9)7-11-8-12-14-13-11/h2-6,8H,1,7H2,(H,12,13,14). The van der Waals surface area contributed by atoms with E-state index in [1.54, 1.807) is 6.20 Å². The van der Waals surface area contributed by atoms with Crippen LogP contribution in [0.15, 0.2) is 37.0 Å². The van der Waals surface area contributed by atoms with Crippen molar-refractivity contribution in [3.8, 4) is 0 Å². The van der Waals surface area contributed by atoms with E-state index < -0.39 is 0 Å². The Morgan fingerprint density at radius 1 is 1.29 bits per heavy atom. The summed E-state index contributed by atoms with van der Waals surface area (Å²) in [6.07, 6.45) is 4.38. The van der Waals surface area contributed by atoms with Crippen molar-refractivity contribution in [2.24, 2.45) is 0 Å². The lowest BCUT2D eigenvalue weighted by molar-refractivity contribution is 0.915. The van der Waals surface area contributed by atoms with E-state index in [0.29, 0.717) is 0 Å². The summed E-state index contributed by atoms with van der Waals surface area (Å²) >= 11 is 0. The highest BCUT2D eigenvalue weighted by Crippen LogP contribution is 2.08. The Bertz CT molecular complexity index is 401. The summed E-state index contributed by atoms with van der Waals surface area (Å²) in [5.41, 5.74) is 3.31. The fraction of sp³-hybridized carbons (Fsp3) is 0.0909. The number of nitrogens with one attached hydrogen (secondary N) is 1. The maximum atomic E-state index is 4.00. The van der Waals surface area contributed by atoms with Crippen molar-refractivity contribution in [2.45, 2.75) is 6.42 Å². The third kappa shape index (κ3) is 1.88. The quantitative estimate of drug-likeness (QED) is 0.795. The van der Waals surface area contributed by atoms with Gasteiger partial charge in [-0.1, -0.05) is 36.9 Å². The number of rotatable bonds is 3. The largest absolute Gasteiger partial charge is 0.198 e. The van der Waals surface area contributed by atoms with Crippen LogP contribution in [0, 0.1) is 0 Å². The Kier molecular flexibility index (Phi) is 2.40. The minimum absolute atomic E-state index is 0.813. The SMILES string of the molecule is C=Cc1ccc(Cc2cn[nH]n2)cc1. The molecule has 0 atom stereocenters. The fourth-order valence-corrected chi connectivity index (χ4v) is 1.29. The molecule has 0 spiro atoms. The second kappa shape index (κ2) is 3.87. The zero-order valence-electron chi connectivity index (χ0n) is 7.77. The van der Waals surface area contributed by atoms with Gasteiger partial charge in [-0.15, -0.1) is 0 Å². The van der Waals surface area contributed by atoms with Crippen LogP contribution in [0.3, 0.4) is 0 Å². The number of aromatic amines is 1. The molecule has 1 N–H and O–H groups in total. The van der Waals surface area contributed by atoms with E-state index in [-0.39, 0.29) is 0 Å². The minimum atomic E-state index is 0.813. The molecular formula is C11H11N3. The summed E-state index contributed by atoms with van der Waals surface area (Å²) in [6.45, 7) is 3.71. The molecule has 0 fully saturated rings. The van der Waals surface area contributed by atoms with Gasteiger partial charge in [-0.3, -0.25) is 0 Å². The van der Waals surface area contributed by atoms with Crippen molar-refractivity contribution in [1.29, 1.82) is 0 Å². The molecule has 0 aliphatic rings. The highest BCUT2D eigenvalue weighted by Gasteiger charge is 1.97. The predicted molar refractivity (Wildman–Crippen MR) is 55.7 cm³/mol. The average molecular weight is 185 g/mol. The van der Waals surface area contributed by atoms with Gasteiger partial charge in [0.2, 0.25) is 0 Å². The van der Waals surface area contributed by atoms with Gasteiger partial charge in [0.15, 0.2) is 0 Å². The van der Waals surface area contributed by atoms with Gasteiger partial charge in [-0.05, 0) is 11.1 Å². The van der Waals surface area contributed by atoms with Crippen LogP contribution in [0.25, 0.3) is 6.08 Å². The van der Waals surface area contributed by atoms with Crippen molar-refractivity contribution in [3.63, 3.8) is 0 Å². The van der Waals surface area contributed by atoms with E-state index in [2.05, 4.69) is 34.1 Å². The molecule has 1 aromatic carbocycles. The van der Waals surface area contributed by atoms with Crippen LogP contribution in [0.5, 0.6) is 0 Å². The number of nitrogens with zero attached hydrogens (tertiary/aromatic N) is 2. The van der Waals surface area contributed by atoms with E-state index in [0.717, 1.165) is 17.7 Å². The summed E-state index contributed by atoms with van der Waals surface area (Å²) < 4.78 is 0. The van der Waals surface area contributed by atoms with Crippen molar-refractivity contribution >= 4 is 6.08 Å². The van der Waals surface area contributed by atoms with E-state index in [9.17, 15) is 0 Å². The Morgan fingerprint density at radius 2 is 2.07 bits per heavy atom. The molecular weight excluding hydrogens is 174 g/mol. The summed E-state index contributed by atoms with van der Waals surface area (Å²) in [5.74, 6) is 0. The van der Waals surface area contributed by atoms with Crippen LogP contribution < -0.4 is 0 Å². The molecule has 14 heavy (non-hydrogen) atoms. The van der Waals surface area contributed by atoms with Crippen LogP contribution >= 0.6 is 0 Å². The third-order valence-corrected chi connectivity index (χ3v) is 2.07. The molecule has 2 aromatic rings. The fourth-order valence-electron chi connectivity index (χ4n) is 1.29. The Morgan fingerprint density at radius 3 is 2.64 bits per heavy atom. The normalized spacial score (nSPS) is 10.0. The summed E-state index contributed by atoms with van der Waals surface area (Å²) in [4.78, 5) is 0. The van der Waals surface area contributed by atoms with Gasteiger partial charge >= 0.3 is 0 Å². The van der Waals surface area contributed by atoms with Crippen LogP contribution in [-0.2, 0) is 6.42 Å². The highest BCUT2D eigenvalue weighted by atomic mass is 15.3. The number of aromatic nitrogens is 3. The molecule has 0 saturated carbocycles. The van der Waals surface area contributed by atoms with Crippen LogP contribution in [-0.4, -0.2) is 15.4 Å². The van der Waals surface area contributed by atoms with E-state index >= 15 is 0 Å². The second-order valence-corrected chi connectivity index (χ2v) is 3.08. The van der Waals surface area contributed by atoms with E-state index in [1.165, 1.54) is 5.56 Å². The first-order valence-corrected chi connectivity index (χ1v) is 4.44. The van der Waals surface area contributed by atoms with Gasteiger partial charge in [-0.2, -0.15) is 15.4 Å². The van der Waals surface area contributed by atoms with Crippen LogP contribution in [0.4, 0.5) is 0 Å². The van der Waals surface area contributed by atoms with Gasteiger partial charge in [0.1, 0.15) is 0 Å². The van der Waals surface area contributed by atoms with Crippen molar-refractivity contribution < 1.29 is 0 Å². The molecule has 0 saturated heterocycles. The topological polar surface area (TPSA) is 41.6 Å². The van der Waals surface area contributed by atoms with Gasteiger partial charge < -0.3 is 0 Å². The number of benzene rings is 1. The number of hydrogen-bond donors (Lipinski definition) is 1. The smallest absolute Gasteiger partial charge is 0.0868 e. The summed E-state index contributed by atoms with van der Waals surface area (Å²) in [7, 11) is 0. The van der Waals surface area contributed by atoms with Crippen molar-refractivity contribution in [1.82, 2.24) is 15.4 Å².